The molecular weight excluding hydrogens is 217 g/mol. The molecular formula is C13H14FN3. The molecule has 1 aromatic carbocycles. The second-order valence-corrected chi connectivity index (χ2v) is 4.37. The van der Waals surface area contributed by atoms with Crippen molar-refractivity contribution in [1.29, 1.82) is 0 Å². The Morgan fingerprint density at radius 3 is 3.12 bits per heavy atom. The summed E-state index contributed by atoms with van der Waals surface area (Å²) in [4.78, 5) is 0. The van der Waals surface area contributed by atoms with Crippen molar-refractivity contribution in [1.82, 2.24) is 15.1 Å². The maximum Gasteiger partial charge on any atom is 0.126 e. The van der Waals surface area contributed by atoms with Crippen molar-refractivity contribution in [2.24, 2.45) is 0 Å². The first-order valence-corrected chi connectivity index (χ1v) is 5.77. The number of halogens is 1. The first-order valence-electron chi connectivity index (χ1n) is 5.77. The molecule has 1 N–H and O–H groups in total. The lowest BCUT2D eigenvalue weighted by Gasteiger charge is -2.16. The van der Waals surface area contributed by atoms with Gasteiger partial charge in [0.2, 0.25) is 0 Å². The molecule has 2 heterocycles. The zero-order chi connectivity index (χ0) is 11.8. The quantitative estimate of drug-likeness (QED) is 0.814. The molecule has 3 nitrogen and oxygen atoms in total. The Bertz CT molecular complexity index is 560. The van der Waals surface area contributed by atoms with Crippen molar-refractivity contribution in [3.05, 3.63) is 41.5 Å². The van der Waals surface area contributed by atoms with Crippen LogP contribution in [-0.2, 0) is 13.1 Å². The summed E-state index contributed by atoms with van der Waals surface area (Å²) in [7, 11) is 0. The number of hydrogen-bond donors (Lipinski definition) is 1. The molecule has 17 heavy (non-hydrogen) atoms. The van der Waals surface area contributed by atoms with Crippen LogP contribution >= 0.6 is 0 Å². The first-order chi connectivity index (χ1) is 8.25. The Morgan fingerprint density at radius 2 is 2.29 bits per heavy atom. The maximum atomic E-state index is 13.6. The van der Waals surface area contributed by atoms with Gasteiger partial charge >= 0.3 is 0 Å². The smallest absolute Gasteiger partial charge is 0.126 e. The molecule has 4 heteroatoms. The Labute approximate surface area is 99.3 Å². The lowest BCUT2D eigenvalue weighted by atomic mass is 10.0. The van der Waals surface area contributed by atoms with E-state index in [1.165, 1.54) is 0 Å². The predicted octanol–water partition coefficient (Wildman–Crippen LogP) is 2.10. The number of benzene rings is 1. The maximum absolute atomic E-state index is 13.6. The Balaban J connectivity index is 2.09. The van der Waals surface area contributed by atoms with Gasteiger partial charge in [-0.3, -0.25) is 4.68 Å². The SMILES string of the molecule is Cc1ccc(-c2cnn3c2CNCC3)cc1F. The highest BCUT2D eigenvalue weighted by molar-refractivity contribution is 5.66. The molecule has 0 saturated heterocycles. The van der Waals surface area contributed by atoms with E-state index in [4.69, 9.17) is 0 Å². The van der Waals surface area contributed by atoms with Gasteiger partial charge in [0, 0.05) is 18.7 Å². The van der Waals surface area contributed by atoms with E-state index in [1.807, 2.05) is 23.0 Å². The number of hydrogen-bond acceptors (Lipinski definition) is 2. The largest absolute Gasteiger partial charge is 0.309 e. The molecule has 0 spiro atoms. The van der Waals surface area contributed by atoms with Gasteiger partial charge in [-0.05, 0) is 24.1 Å². The van der Waals surface area contributed by atoms with Crippen LogP contribution < -0.4 is 5.32 Å². The van der Waals surface area contributed by atoms with Gasteiger partial charge in [-0.1, -0.05) is 12.1 Å². The van der Waals surface area contributed by atoms with Gasteiger partial charge in [0.15, 0.2) is 0 Å². The van der Waals surface area contributed by atoms with Gasteiger partial charge in [0.1, 0.15) is 5.82 Å². The van der Waals surface area contributed by atoms with Crippen LogP contribution in [0.2, 0.25) is 0 Å². The third-order valence-electron chi connectivity index (χ3n) is 3.22. The molecule has 0 radical (unpaired) electrons. The topological polar surface area (TPSA) is 29.9 Å². The van der Waals surface area contributed by atoms with Crippen LogP contribution in [0.15, 0.2) is 24.4 Å². The second-order valence-electron chi connectivity index (χ2n) is 4.37. The molecule has 0 saturated carbocycles. The average molecular weight is 231 g/mol. The molecule has 0 bridgehead atoms. The van der Waals surface area contributed by atoms with E-state index in [1.54, 1.807) is 13.0 Å². The fourth-order valence-electron chi connectivity index (χ4n) is 2.18. The summed E-state index contributed by atoms with van der Waals surface area (Å²) in [5.74, 6) is -0.161. The van der Waals surface area contributed by atoms with Crippen LogP contribution in [0.5, 0.6) is 0 Å². The highest BCUT2D eigenvalue weighted by Crippen LogP contribution is 2.26. The summed E-state index contributed by atoms with van der Waals surface area (Å²) in [6, 6.07) is 5.34. The van der Waals surface area contributed by atoms with E-state index in [0.717, 1.165) is 36.5 Å². The van der Waals surface area contributed by atoms with Crippen molar-refractivity contribution in [2.75, 3.05) is 6.54 Å². The van der Waals surface area contributed by atoms with Crippen molar-refractivity contribution in [2.45, 2.75) is 20.0 Å². The normalized spacial score (nSPS) is 14.7. The minimum Gasteiger partial charge on any atom is -0.309 e. The van der Waals surface area contributed by atoms with E-state index in [-0.39, 0.29) is 5.82 Å². The molecule has 0 unspecified atom stereocenters. The van der Waals surface area contributed by atoms with Crippen LogP contribution in [0.4, 0.5) is 4.39 Å². The fraction of sp³-hybridized carbons (Fsp3) is 0.308. The third-order valence-corrected chi connectivity index (χ3v) is 3.22. The van der Waals surface area contributed by atoms with Crippen molar-refractivity contribution >= 4 is 0 Å². The number of aryl methyl sites for hydroxylation is 1. The second kappa shape index (κ2) is 3.96. The third kappa shape index (κ3) is 1.74. The highest BCUT2D eigenvalue weighted by Gasteiger charge is 2.15. The molecule has 3 rings (SSSR count). The van der Waals surface area contributed by atoms with E-state index in [9.17, 15) is 4.39 Å². The van der Waals surface area contributed by atoms with Crippen molar-refractivity contribution in [3.8, 4) is 11.1 Å². The van der Waals surface area contributed by atoms with Gasteiger partial charge in [-0.2, -0.15) is 5.10 Å². The molecule has 0 atom stereocenters. The molecule has 1 aliphatic rings. The van der Waals surface area contributed by atoms with Crippen molar-refractivity contribution < 1.29 is 4.39 Å². The van der Waals surface area contributed by atoms with E-state index in [2.05, 4.69) is 10.4 Å². The van der Waals surface area contributed by atoms with Crippen LogP contribution in [0.1, 0.15) is 11.3 Å². The Kier molecular flexibility index (Phi) is 2.44. The lowest BCUT2D eigenvalue weighted by Crippen LogP contribution is -2.28. The standard InChI is InChI=1S/C13H14FN3/c1-9-2-3-10(6-12(9)14)11-7-16-17-5-4-15-8-13(11)17/h2-3,6-7,15H,4-5,8H2,1H3. The van der Waals surface area contributed by atoms with Gasteiger partial charge in [-0.15, -0.1) is 0 Å². The summed E-state index contributed by atoms with van der Waals surface area (Å²) in [6.45, 7) is 4.39. The minimum absolute atomic E-state index is 0.161. The first kappa shape index (κ1) is 10.5. The molecule has 1 aromatic heterocycles. The number of rotatable bonds is 1. The van der Waals surface area contributed by atoms with Gasteiger partial charge in [0.05, 0.1) is 18.4 Å². The van der Waals surface area contributed by atoms with Gasteiger partial charge < -0.3 is 5.32 Å². The molecule has 1 aliphatic heterocycles. The zero-order valence-corrected chi connectivity index (χ0v) is 9.70. The van der Waals surface area contributed by atoms with E-state index in [0.29, 0.717) is 5.56 Å². The molecule has 88 valence electrons. The summed E-state index contributed by atoms with van der Waals surface area (Å²) in [6.07, 6.45) is 1.83. The molecule has 0 amide bonds. The van der Waals surface area contributed by atoms with Crippen LogP contribution in [-0.4, -0.2) is 16.3 Å². The zero-order valence-electron chi connectivity index (χ0n) is 9.70. The summed E-state index contributed by atoms with van der Waals surface area (Å²) >= 11 is 0. The number of fused-ring (bicyclic) bond motifs is 1. The Morgan fingerprint density at radius 1 is 1.41 bits per heavy atom. The molecule has 0 aliphatic carbocycles. The summed E-state index contributed by atoms with van der Waals surface area (Å²) in [5.41, 5.74) is 3.74. The molecule has 0 fully saturated rings. The minimum atomic E-state index is -0.161. The van der Waals surface area contributed by atoms with Gasteiger partial charge in [-0.25, -0.2) is 4.39 Å². The highest BCUT2D eigenvalue weighted by atomic mass is 19.1. The molecule has 2 aromatic rings. The fourth-order valence-corrected chi connectivity index (χ4v) is 2.18. The summed E-state index contributed by atoms with van der Waals surface area (Å²) < 4.78 is 15.6. The predicted molar refractivity (Wildman–Crippen MR) is 64.1 cm³/mol. The average Bonchev–Trinajstić information content (AvgIpc) is 2.76. The van der Waals surface area contributed by atoms with Crippen LogP contribution in [0.25, 0.3) is 11.1 Å². The summed E-state index contributed by atoms with van der Waals surface area (Å²) in [5, 5.41) is 7.65. The van der Waals surface area contributed by atoms with Crippen LogP contribution in [0, 0.1) is 12.7 Å². The monoisotopic (exact) mass is 231 g/mol. The van der Waals surface area contributed by atoms with Crippen LogP contribution in [0.3, 0.4) is 0 Å². The number of nitrogens with one attached hydrogen (secondary N) is 1. The van der Waals surface area contributed by atoms with E-state index < -0.39 is 0 Å². The van der Waals surface area contributed by atoms with Crippen molar-refractivity contribution in [3.63, 3.8) is 0 Å². The Hall–Kier alpha value is -1.68. The van der Waals surface area contributed by atoms with E-state index >= 15 is 0 Å². The lowest BCUT2D eigenvalue weighted by molar-refractivity contribution is 0.476. The number of nitrogens with zero attached hydrogens (tertiary/aromatic N) is 2. The van der Waals surface area contributed by atoms with Gasteiger partial charge in [0.25, 0.3) is 0 Å². The number of aromatic nitrogens is 2.